The van der Waals surface area contributed by atoms with E-state index < -0.39 is 0 Å². The summed E-state index contributed by atoms with van der Waals surface area (Å²) in [6.07, 6.45) is 24.8. The van der Waals surface area contributed by atoms with Crippen LogP contribution in [0.1, 0.15) is 155 Å². The quantitative estimate of drug-likeness (QED) is 0.108. The maximum Gasteiger partial charge on any atom is 0.306 e. The lowest BCUT2D eigenvalue weighted by Gasteiger charge is -2.18. The van der Waals surface area contributed by atoms with Crippen LogP contribution in [-0.2, 0) is 19.1 Å². The molecule has 4 heteroatoms. The zero-order valence-electron chi connectivity index (χ0n) is 21.8. The van der Waals surface area contributed by atoms with Crippen LogP contribution in [0.25, 0.3) is 0 Å². The first-order valence-corrected chi connectivity index (χ1v) is 13.9. The van der Waals surface area contributed by atoms with Gasteiger partial charge in [-0.3, -0.25) is 9.59 Å². The summed E-state index contributed by atoms with van der Waals surface area (Å²) in [7, 11) is 1.45. The third kappa shape index (κ3) is 22.1. The lowest BCUT2D eigenvalue weighted by Crippen LogP contribution is -2.18. The molecule has 0 aromatic rings. The number of methoxy groups -OCH3 is 1. The van der Waals surface area contributed by atoms with Crippen LogP contribution in [0.5, 0.6) is 0 Å². The molecule has 0 rings (SSSR count). The predicted molar refractivity (Wildman–Crippen MR) is 135 cm³/mol. The Hall–Kier alpha value is -1.06. The Kier molecular flexibility index (Phi) is 23.8. The summed E-state index contributed by atoms with van der Waals surface area (Å²) in [5.41, 5.74) is 0. The molecule has 0 fully saturated rings. The summed E-state index contributed by atoms with van der Waals surface area (Å²) >= 11 is 0. The molecule has 0 aromatic heterocycles. The Labute approximate surface area is 199 Å². The van der Waals surface area contributed by atoms with E-state index in [2.05, 4.69) is 18.6 Å². The molecule has 0 amide bonds. The second kappa shape index (κ2) is 24.6. The third-order valence-corrected chi connectivity index (χ3v) is 6.30. The lowest BCUT2D eigenvalue weighted by atomic mass is 10.0. The van der Waals surface area contributed by atoms with Gasteiger partial charge in [-0.1, -0.05) is 104 Å². The fraction of sp³-hybridized carbons (Fsp3) is 0.929. The number of esters is 2. The molecular weight excluding hydrogens is 400 g/mol. The van der Waals surface area contributed by atoms with Crippen LogP contribution in [-0.4, -0.2) is 25.2 Å². The third-order valence-electron chi connectivity index (χ3n) is 6.30. The van der Waals surface area contributed by atoms with Gasteiger partial charge in [0.25, 0.3) is 0 Å². The highest BCUT2D eigenvalue weighted by Gasteiger charge is 2.14. The van der Waals surface area contributed by atoms with Gasteiger partial charge in [-0.15, -0.1) is 0 Å². The summed E-state index contributed by atoms with van der Waals surface area (Å²) in [5.74, 6) is -0.0930. The van der Waals surface area contributed by atoms with E-state index in [0.29, 0.717) is 12.8 Å². The first-order chi connectivity index (χ1) is 15.6. The summed E-state index contributed by atoms with van der Waals surface area (Å²) < 4.78 is 10.6. The second-order valence-corrected chi connectivity index (χ2v) is 9.42. The maximum atomic E-state index is 12.3. The molecule has 0 saturated heterocycles. The van der Waals surface area contributed by atoms with Crippen molar-refractivity contribution in [3.8, 4) is 0 Å². The number of hydrogen-bond donors (Lipinski definition) is 0. The molecule has 190 valence electrons. The molecule has 0 aliphatic heterocycles. The van der Waals surface area contributed by atoms with Gasteiger partial charge in [0.05, 0.1) is 7.11 Å². The van der Waals surface area contributed by atoms with Gasteiger partial charge in [0.1, 0.15) is 6.10 Å². The van der Waals surface area contributed by atoms with Crippen molar-refractivity contribution in [2.75, 3.05) is 7.11 Å². The van der Waals surface area contributed by atoms with Crippen LogP contribution in [0, 0.1) is 0 Å². The minimum atomic E-state index is -0.106. The van der Waals surface area contributed by atoms with Crippen LogP contribution in [0.2, 0.25) is 0 Å². The van der Waals surface area contributed by atoms with Crippen LogP contribution in [0.15, 0.2) is 0 Å². The Bertz CT molecular complexity index is 422. The molecule has 1 unspecified atom stereocenters. The Balaban J connectivity index is 4.03. The molecule has 0 saturated carbocycles. The zero-order valence-corrected chi connectivity index (χ0v) is 21.8. The van der Waals surface area contributed by atoms with Crippen molar-refractivity contribution in [3.63, 3.8) is 0 Å². The SMILES string of the molecule is CCCCCCCCC(=O)OC(CCCCCCCC)CCCCCCCCC(=O)OC. The molecule has 0 aromatic carbocycles. The summed E-state index contributed by atoms with van der Waals surface area (Å²) in [4.78, 5) is 23.5. The molecule has 0 bridgehead atoms. The number of carbonyl (C=O) groups excluding carboxylic acids is 2. The van der Waals surface area contributed by atoms with Gasteiger partial charge in [-0.25, -0.2) is 0 Å². The van der Waals surface area contributed by atoms with Crippen molar-refractivity contribution in [2.24, 2.45) is 0 Å². The molecule has 0 spiro atoms. The van der Waals surface area contributed by atoms with E-state index >= 15 is 0 Å². The van der Waals surface area contributed by atoms with E-state index in [0.717, 1.165) is 51.4 Å². The summed E-state index contributed by atoms with van der Waals surface area (Å²) in [6, 6.07) is 0. The average Bonchev–Trinajstić information content (AvgIpc) is 2.79. The van der Waals surface area contributed by atoms with Crippen LogP contribution in [0.4, 0.5) is 0 Å². The van der Waals surface area contributed by atoms with Gasteiger partial charge in [-0.2, -0.15) is 0 Å². The molecule has 0 heterocycles. The molecule has 0 aliphatic carbocycles. The maximum absolute atomic E-state index is 12.3. The minimum Gasteiger partial charge on any atom is -0.469 e. The van der Waals surface area contributed by atoms with E-state index in [1.807, 2.05) is 0 Å². The lowest BCUT2D eigenvalue weighted by molar-refractivity contribution is -0.150. The van der Waals surface area contributed by atoms with Crippen molar-refractivity contribution in [3.05, 3.63) is 0 Å². The number of ether oxygens (including phenoxy) is 2. The van der Waals surface area contributed by atoms with E-state index in [-0.39, 0.29) is 18.0 Å². The van der Waals surface area contributed by atoms with Gasteiger partial charge >= 0.3 is 11.9 Å². The monoisotopic (exact) mass is 454 g/mol. The molecule has 1 atom stereocenters. The van der Waals surface area contributed by atoms with Crippen LogP contribution < -0.4 is 0 Å². The standard InChI is InChI=1S/C28H54O4/c1-4-6-8-10-14-18-22-26(32-28(30)25-21-16-11-9-7-5-2)23-19-15-12-13-17-20-24-27(29)31-3/h26H,4-25H2,1-3H3. The van der Waals surface area contributed by atoms with Crippen LogP contribution >= 0.6 is 0 Å². The van der Waals surface area contributed by atoms with Crippen molar-refractivity contribution < 1.29 is 19.1 Å². The number of hydrogen-bond acceptors (Lipinski definition) is 4. The van der Waals surface area contributed by atoms with Gasteiger partial charge in [-0.05, 0) is 38.5 Å². The molecule has 4 nitrogen and oxygen atoms in total. The van der Waals surface area contributed by atoms with Crippen molar-refractivity contribution in [2.45, 2.75) is 161 Å². The van der Waals surface area contributed by atoms with Gasteiger partial charge in [0.2, 0.25) is 0 Å². The van der Waals surface area contributed by atoms with E-state index in [4.69, 9.17) is 4.74 Å². The van der Waals surface area contributed by atoms with E-state index in [9.17, 15) is 9.59 Å². The highest BCUT2D eigenvalue weighted by Crippen LogP contribution is 2.18. The number of rotatable bonds is 24. The van der Waals surface area contributed by atoms with Crippen molar-refractivity contribution in [1.29, 1.82) is 0 Å². The van der Waals surface area contributed by atoms with Gasteiger partial charge in [0, 0.05) is 12.8 Å². The molecule has 32 heavy (non-hydrogen) atoms. The zero-order chi connectivity index (χ0) is 23.7. The van der Waals surface area contributed by atoms with Crippen molar-refractivity contribution >= 4 is 11.9 Å². The smallest absolute Gasteiger partial charge is 0.306 e. The normalized spacial score (nSPS) is 12.0. The molecular formula is C28H54O4. The molecule has 0 radical (unpaired) electrons. The Morgan fingerprint density at radius 3 is 1.34 bits per heavy atom. The Morgan fingerprint density at radius 1 is 0.531 bits per heavy atom. The summed E-state index contributed by atoms with van der Waals surface area (Å²) in [5, 5.41) is 0. The van der Waals surface area contributed by atoms with E-state index in [1.165, 1.54) is 84.2 Å². The van der Waals surface area contributed by atoms with Crippen LogP contribution in [0.3, 0.4) is 0 Å². The number of unbranched alkanes of at least 4 members (excludes halogenated alkanes) is 15. The first-order valence-electron chi connectivity index (χ1n) is 13.9. The minimum absolute atomic E-state index is 0.0132. The molecule has 0 aliphatic rings. The fourth-order valence-corrected chi connectivity index (χ4v) is 4.16. The first kappa shape index (κ1) is 30.9. The second-order valence-electron chi connectivity index (χ2n) is 9.42. The topological polar surface area (TPSA) is 52.6 Å². The highest BCUT2D eigenvalue weighted by molar-refractivity contribution is 5.69. The van der Waals surface area contributed by atoms with Crippen molar-refractivity contribution in [1.82, 2.24) is 0 Å². The van der Waals surface area contributed by atoms with Gasteiger partial charge < -0.3 is 9.47 Å². The summed E-state index contributed by atoms with van der Waals surface area (Å²) in [6.45, 7) is 4.48. The predicted octanol–water partition coefficient (Wildman–Crippen LogP) is 8.69. The van der Waals surface area contributed by atoms with Gasteiger partial charge in [0.15, 0.2) is 0 Å². The number of carbonyl (C=O) groups is 2. The Morgan fingerprint density at radius 2 is 0.906 bits per heavy atom. The highest BCUT2D eigenvalue weighted by atomic mass is 16.5. The molecule has 0 N–H and O–H groups in total. The average molecular weight is 455 g/mol. The van der Waals surface area contributed by atoms with E-state index in [1.54, 1.807) is 0 Å². The largest absolute Gasteiger partial charge is 0.469 e. The fourth-order valence-electron chi connectivity index (χ4n) is 4.16.